The average molecular weight is 1320 g/mol. The molecule has 0 fully saturated rings. The summed E-state index contributed by atoms with van der Waals surface area (Å²) in [4.78, 5) is 4.85. The Morgan fingerprint density at radius 3 is 1.08 bits per heavy atom. The van der Waals surface area contributed by atoms with Gasteiger partial charge in [0.2, 0.25) is 0 Å². The van der Waals surface area contributed by atoms with Gasteiger partial charge in [-0.2, -0.15) is 0 Å². The van der Waals surface area contributed by atoms with Gasteiger partial charge in [0, 0.05) is 75.9 Å². The molecule has 2 heterocycles. The van der Waals surface area contributed by atoms with Gasteiger partial charge >= 0.3 is 0 Å². The molecule has 0 radical (unpaired) electrons. The maximum atomic E-state index is 6.59. The van der Waals surface area contributed by atoms with E-state index in [0.717, 1.165) is 67.2 Å². The van der Waals surface area contributed by atoms with E-state index in [1.165, 1.54) is 98.1 Å². The Balaban J connectivity index is 0.000000141. The van der Waals surface area contributed by atoms with Gasteiger partial charge in [-0.3, -0.25) is 0 Å². The second kappa shape index (κ2) is 25.1. The Kier molecular flexibility index (Phi) is 14.9. The monoisotopic (exact) mass is 1320 g/mol. The molecular weight excluding hydrogens is 1250 g/mol. The van der Waals surface area contributed by atoms with Crippen molar-refractivity contribution in [3.63, 3.8) is 0 Å². The Morgan fingerprint density at radius 2 is 0.578 bits per heavy atom. The molecule has 0 atom stereocenters. The molecule has 0 aliphatic heterocycles. The zero-order chi connectivity index (χ0) is 67.6. The summed E-state index contributed by atoms with van der Waals surface area (Å²) < 4.78 is 9.22. The minimum absolute atomic E-state index is 0.477. The standard InChI is InChI=1S/C49H33NO.C49H33NS/c2*1-4-17-34(18-5-1)49(35-19-6-2-7-20-35)44-28-13-10-23-38(44)39-32-31-37(33-45(39)49)50(36-21-8-3-9-22-36)46-29-14-11-24-40(46)42-26-16-27-43-41-25-12-15-30-47(41)51-48(42)43/h2*1-33H. The molecule has 0 amide bonds. The van der Waals surface area contributed by atoms with Crippen molar-refractivity contribution < 1.29 is 4.42 Å². The van der Waals surface area contributed by atoms with Crippen LogP contribution in [0.1, 0.15) is 44.5 Å². The molecule has 20 rings (SSSR count). The molecule has 0 spiro atoms. The minimum Gasteiger partial charge on any atom is -0.455 e. The number of nitrogens with zero attached hydrogens (tertiary/aromatic N) is 2. The van der Waals surface area contributed by atoms with Crippen LogP contribution in [0.2, 0.25) is 0 Å². The molecule has 2 aliphatic carbocycles. The number of para-hydroxylation sites is 6. The van der Waals surface area contributed by atoms with Crippen molar-refractivity contribution in [3.8, 4) is 44.5 Å². The largest absolute Gasteiger partial charge is 0.455 e. The molecule has 102 heavy (non-hydrogen) atoms. The highest BCUT2D eigenvalue weighted by atomic mass is 32.1. The van der Waals surface area contributed by atoms with Gasteiger partial charge in [-0.05, 0) is 140 Å². The fourth-order valence-corrected chi connectivity index (χ4v) is 18.1. The third-order valence-corrected chi connectivity index (χ3v) is 22.3. The number of fused-ring (bicyclic) bond motifs is 12. The second-order valence-corrected chi connectivity index (χ2v) is 27.5. The predicted molar refractivity (Wildman–Crippen MR) is 428 cm³/mol. The lowest BCUT2D eigenvalue weighted by Gasteiger charge is -2.35. The number of furan rings is 1. The number of thiophene rings is 1. The summed E-state index contributed by atoms with van der Waals surface area (Å²) in [5, 5.41) is 4.87. The molecule has 2 aromatic heterocycles. The van der Waals surface area contributed by atoms with Crippen LogP contribution in [-0.4, -0.2) is 0 Å². The lowest BCUT2D eigenvalue weighted by molar-refractivity contribution is 0.670. The summed E-state index contributed by atoms with van der Waals surface area (Å²) in [6.07, 6.45) is 0. The Morgan fingerprint density at radius 1 is 0.225 bits per heavy atom. The molecule has 0 unspecified atom stereocenters. The van der Waals surface area contributed by atoms with Crippen LogP contribution < -0.4 is 9.80 Å². The maximum Gasteiger partial charge on any atom is 0.143 e. The number of benzene rings is 16. The summed E-state index contributed by atoms with van der Waals surface area (Å²) in [5.41, 5.74) is 27.4. The second-order valence-electron chi connectivity index (χ2n) is 26.5. The van der Waals surface area contributed by atoms with Crippen molar-refractivity contribution in [2.75, 3.05) is 9.80 Å². The molecular formula is C98H66N2OS. The first-order valence-electron chi connectivity index (χ1n) is 35.1. The first-order chi connectivity index (χ1) is 50.6. The van der Waals surface area contributed by atoms with Crippen molar-refractivity contribution in [1.29, 1.82) is 0 Å². The fourth-order valence-electron chi connectivity index (χ4n) is 16.9. The first kappa shape index (κ1) is 60.3. The third-order valence-electron chi connectivity index (χ3n) is 21.1. The normalized spacial score (nSPS) is 12.9. The van der Waals surface area contributed by atoms with Crippen LogP contribution in [0.3, 0.4) is 0 Å². The lowest BCUT2D eigenvalue weighted by Crippen LogP contribution is -2.28. The molecule has 0 saturated carbocycles. The Hall–Kier alpha value is -12.9. The van der Waals surface area contributed by atoms with E-state index in [4.69, 9.17) is 4.42 Å². The minimum atomic E-state index is -0.494. The molecule has 2 aliphatic rings. The smallest absolute Gasteiger partial charge is 0.143 e. The van der Waals surface area contributed by atoms with Crippen LogP contribution in [-0.2, 0) is 10.8 Å². The molecule has 0 N–H and O–H groups in total. The summed E-state index contributed by atoms with van der Waals surface area (Å²) in [6, 6.07) is 146. The van der Waals surface area contributed by atoms with Crippen molar-refractivity contribution in [2.24, 2.45) is 0 Å². The summed E-state index contributed by atoms with van der Waals surface area (Å²) in [5.74, 6) is 0. The van der Waals surface area contributed by atoms with Gasteiger partial charge in [0.15, 0.2) is 0 Å². The topological polar surface area (TPSA) is 19.6 Å². The van der Waals surface area contributed by atoms with Gasteiger partial charge in [-0.15, -0.1) is 11.3 Å². The van der Waals surface area contributed by atoms with E-state index in [-0.39, 0.29) is 0 Å². The summed E-state index contributed by atoms with van der Waals surface area (Å²) in [7, 11) is 0. The highest BCUT2D eigenvalue weighted by Gasteiger charge is 2.48. The summed E-state index contributed by atoms with van der Waals surface area (Å²) in [6.45, 7) is 0. The van der Waals surface area contributed by atoms with E-state index in [2.05, 4.69) is 404 Å². The van der Waals surface area contributed by atoms with Gasteiger partial charge in [0.05, 0.1) is 22.2 Å². The van der Waals surface area contributed by atoms with E-state index in [1.807, 2.05) is 17.4 Å². The lowest BCUT2D eigenvalue weighted by atomic mass is 9.67. The molecule has 16 aromatic carbocycles. The van der Waals surface area contributed by atoms with Crippen LogP contribution in [0.15, 0.2) is 405 Å². The van der Waals surface area contributed by atoms with Crippen LogP contribution in [0.5, 0.6) is 0 Å². The Labute approximate surface area is 598 Å². The molecule has 18 aromatic rings. The summed E-state index contributed by atoms with van der Waals surface area (Å²) >= 11 is 1.88. The molecule has 3 nitrogen and oxygen atoms in total. The highest BCUT2D eigenvalue weighted by molar-refractivity contribution is 7.26. The van der Waals surface area contributed by atoms with Gasteiger partial charge in [0.25, 0.3) is 0 Å². The number of anilines is 6. The van der Waals surface area contributed by atoms with E-state index in [1.54, 1.807) is 0 Å². The van der Waals surface area contributed by atoms with E-state index < -0.39 is 10.8 Å². The van der Waals surface area contributed by atoms with Gasteiger partial charge in [-0.1, -0.05) is 328 Å². The van der Waals surface area contributed by atoms with Crippen molar-refractivity contribution >= 4 is 87.6 Å². The highest BCUT2D eigenvalue weighted by Crippen LogP contribution is 2.60. The fraction of sp³-hybridized carbons (Fsp3) is 0.0204. The molecule has 0 bridgehead atoms. The van der Waals surface area contributed by atoms with Crippen molar-refractivity contribution in [1.82, 2.24) is 0 Å². The first-order valence-corrected chi connectivity index (χ1v) is 35.9. The van der Waals surface area contributed by atoms with Crippen LogP contribution >= 0.6 is 11.3 Å². The van der Waals surface area contributed by atoms with Gasteiger partial charge in [-0.25, -0.2) is 0 Å². The number of hydrogen-bond acceptors (Lipinski definition) is 4. The number of hydrogen-bond donors (Lipinski definition) is 0. The van der Waals surface area contributed by atoms with E-state index >= 15 is 0 Å². The maximum absolute atomic E-state index is 6.59. The van der Waals surface area contributed by atoms with Crippen LogP contribution in [0.25, 0.3) is 86.6 Å². The zero-order valence-corrected chi connectivity index (χ0v) is 56.6. The molecule has 4 heteroatoms. The van der Waals surface area contributed by atoms with Crippen LogP contribution in [0.4, 0.5) is 34.1 Å². The van der Waals surface area contributed by atoms with Gasteiger partial charge in [0.1, 0.15) is 11.2 Å². The molecule has 0 saturated heterocycles. The number of rotatable bonds is 12. The quantitative estimate of drug-likeness (QED) is 0.122. The average Bonchev–Trinajstić information content (AvgIpc) is 1.54. The predicted octanol–water partition coefficient (Wildman–Crippen LogP) is 26.6. The third kappa shape index (κ3) is 9.63. The van der Waals surface area contributed by atoms with E-state index in [0.29, 0.717) is 0 Å². The van der Waals surface area contributed by atoms with Crippen molar-refractivity contribution in [3.05, 3.63) is 445 Å². The van der Waals surface area contributed by atoms with Crippen molar-refractivity contribution in [2.45, 2.75) is 10.8 Å². The zero-order valence-electron chi connectivity index (χ0n) is 55.8. The molecule has 480 valence electrons. The van der Waals surface area contributed by atoms with E-state index in [9.17, 15) is 0 Å². The van der Waals surface area contributed by atoms with Crippen LogP contribution in [0, 0.1) is 0 Å². The van der Waals surface area contributed by atoms with Gasteiger partial charge < -0.3 is 14.2 Å². The SMILES string of the molecule is c1ccc(N(c2ccc3c(c2)C(c2ccccc2)(c2ccccc2)c2ccccc2-3)c2ccccc2-c2cccc3c2oc2ccccc23)cc1.c1ccc(N(c2ccc3c(c2)C(c2ccccc2)(c2ccccc2)c2ccccc2-3)c2ccccc2-c2cccc3c2sc2ccccc23)cc1. The Bertz CT molecular complexity index is 5690.